The van der Waals surface area contributed by atoms with Gasteiger partial charge in [0.05, 0.1) is 11.1 Å². The van der Waals surface area contributed by atoms with Gasteiger partial charge in [-0.15, -0.1) is 0 Å². The molecule has 0 fully saturated rings. The number of amides is 1. The van der Waals surface area contributed by atoms with E-state index in [0.29, 0.717) is 12.1 Å². The smallest absolute Gasteiger partial charge is 0.407 e. The third kappa shape index (κ3) is 5.05. The van der Waals surface area contributed by atoms with E-state index in [0.717, 1.165) is 0 Å². The zero-order valence-electron chi connectivity index (χ0n) is 13.8. The van der Waals surface area contributed by atoms with Gasteiger partial charge < -0.3 is 15.2 Å². The fourth-order valence-electron chi connectivity index (χ4n) is 2.07. The minimum absolute atomic E-state index is 0.00960. The molecule has 1 atom stereocenters. The molecule has 1 heterocycles. The Morgan fingerprint density at radius 2 is 2.05 bits per heavy atom. The minimum Gasteiger partial charge on any atom is -0.481 e. The summed E-state index contributed by atoms with van der Waals surface area (Å²) in [7, 11) is 1.77. The number of aromatic nitrogens is 2. The van der Waals surface area contributed by atoms with Crippen LogP contribution in [0, 0.1) is 5.41 Å². The third-order valence-electron chi connectivity index (χ3n) is 3.39. The molecule has 22 heavy (non-hydrogen) atoms. The number of hydrogen-bond acceptors (Lipinski definition) is 4. The van der Waals surface area contributed by atoms with Crippen LogP contribution >= 0.6 is 0 Å². The van der Waals surface area contributed by atoms with Crippen LogP contribution in [0.1, 0.15) is 39.8 Å². The van der Waals surface area contributed by atoms with Crippen molar-refractivity contribution in [3.05, 3.63) is 18.0 Å². The second-order valence-electron chi connectivity index (χ2n) is 6.45. The van der Waals surface area contributed by atoms with Crippen LogP contribution < -0.4 is 5.32 Å². The summed E-state index contributed by atoms with van der Waals surface area (Å²) in [5.74, 6) is -0.961. The SMILES string of the molecule is CCC(CNC(=O)OC(C)(C)C)(Cc1ccn(C)n1)C(=O)O. The van der Waals surface area contributed by atoms with Gasteiger partial charge in [0, 0.05) is 26.2 Å². The summed E-state index contributed by atoms with van der Waals surface area (Å²) in [5, 5.41) is 16.4. The molecule has 0 aliphatic rings. The van der Waals surface area contributed by atoms with Gasteiger partial charge in [0.2, 0.25) is 0 Å². The molecule has 0 aromatic carbocycles. The standard InChI is InChI=1S/C15H25N3O4/c1-6-15(12(19)20,9-11-7-8-18(5)17-11)10-16-13(21)22-14(2,3)4/h7-8H,6,9-10H2,1-5H3,(H,16,21)(H,19,20). The van der Waals surface area contributed by atoms with Crippen LogP contribution in [0.5, 0.6) is 0 Å². The molecule has 0 aliphatic heterocycles. The molecule has 0 bridgehead atoms. The van der Waals surface area contributed by atoms with Gasteiger partial charge in [-0.2, -0.15) is 5.10 Å². The lowest BCUT2D eigenvalue weighted by molar-refractivity contribution is -0.148. The van der Waals surface area contributed by atoms with Crippen molar-refractivity contribution in [1.82, 2.24) is 15.1 Å². The lowest BCUT2D eigenvalue weighted by Crippen LogP contribution is -2.45. The number of carboxylic acid groups (broad SMARTS) is 1. The van der Waals surface area contributed by atoms with Gasteiger partial charge in [-0.1, -0.05) is 6.92 Å². The molecule has 1 amide bonds. The first-order chi connectivity index (χ1) is 10.1. The number of aryl methyl sites for hydroxylation is 1. The van der Waals surface area contributed by atoms with Gasteiger partial charge in [0.1, 0.15) is 5.60 Å². The zero-order chi connectivity index (χ0) is 17.0. The number of aliphatic carboxylic acids is 1. The van der Waals surface area contributed by atoms with E-state index in [-0.39, 0.29) is 13.0 Å². The van der Waals surface area contributed by atoms with Crippen molar-refractivity contribution in [2.24, 2.45) is 12.5 Å². The van der Waals surface area contributed by atoms with Crippen LogP contribution in [-0.2, 0) is 23.0 Å². The zero-order valence-corrected chi connectivity index (χ0v) is 13.8. The number of alkyl carbamates (subject to hydrolysis) is 1. The molecule has 1 aromatic heterocycles. The molecule has 0 radical (unpaired) electrons. The Morgan fingerprint density at radius 1 is 1.41 bits per heavy atom. The summed E-state index contributed by atoms with van der Waals surface area (Å²) < 4.78 is 6.77. The van der Waals surface area contributed by atoms with Crippen molar-refractivity contribution < 1.29 is 19.4 Å². The quantitative estimate of drug-likeness (QED) is 0.837. The van der Waals surface area contributed by atoms with Crippen LogP contribution in [0.3, 0.4) is 0 Å². The van der Waals surface area contributed by atoms with Gasteiger partial charge in [-0.3, -0.25) is 9.48 Å². The molecule has 7 heteroatoms. The van der Waals surface area contributed by atoms with Gasteiger partial charge in [0.25, 0.3) is 0 Å². The number of hydrogen-bond donors (Lipinski definition) is 2. The summed E-state index contributed by atoms with van der Waals surface area (Å²) >= 11 is 0. The Kier molecular flexibility index (Phi) is 5.57. The summed E-state index contributed by atoms with van der Waals surface area (Å²) in [4.78, 5) is 23.5. The topological polar surface area (TPSA) is 93.5 Å². The first kappa shape index (κ1) is 18.0. The molecular formula is C15H25N3O4. The second kappa shape index (κ2) is 6.81. The van der Waals surface area contributed by atoms with Gasteiger partial charge in [-0.25, -0.2) is 4.79 Å². The van der Waals surface area contributed by atoms with Crippen molar-refractivity contribution in [2.75, 3.05) is 6.54 Å². The van der Waals surface area contributed by atoms with E-state index in [2.05, 4.69) is 10.4 Å². The average Bonchev–Trinajstić information content (AvgIpc) is 2.77. The lowest BCUT2D eigenvalue weighted by atomic mass is 9.80. The first-order valence-electron chi connectivity index (χ1n) is 7.27. The predicted molar refractivity (Wildman–Crippen MR) is 81.5 cm³/mol. The predicted octanol–water partition coefficient (Wildman–Crippen LogP) is 1.97. The van der Waals surface area contributed by atoms with E-state index in [9.17, 15) is 14.7 Å². The normalized spacial score (nSPS) is 14.2. The summed E-state index contributed by atoms with van der Waals surface area (Å²) in [6.45, 7) is 7.04. The van der Waals surface area contributed by atoms with E-state index >= 15 is 0 Å². The maximum atomic E-state index is 11.8. The van der Waals surface area contributed by atoms with Crippen LogP contribution in [0.2, 0.25) is 0 Å². The molecule has 124 valence electrons. The fourth-order valence-corrected chi connectivity index (χ4v) is 2.07. The maximum Gasteiger partial charge on any atom is 0.407 e. The number of nitrogens with zero attached hydrogens (tertiary/aromatic N) is 2. The van der Waals surface area contributed by atoms with E-state index < -0.39 is 23.1 Å². The van der Waals surface area contributed by atoms with E-state index in [4.69, 9.17) is 4.74 Å². The van der Waals surface area contributed by atoms with Crippen LogP contribution in [0.4, 0.5) is 4.79 Å². The Morgan fingerprint density at radius 3 is 2.45 bits per heavy atom. The minimum atomic E-state index is -1.11. The van der Waals surface area contributed by atoms with Crippen molar-refractivity contribution in [3.63, 3.8) is 0 Å². The molecule has 2 N–H and O–H groups in total. The van der Waals surface area contributed by atoms with Crippen molar-refractivity contribution >= 4 is 12.1 Å². The Labute approximate surface area is 130 Å². The second-order valence-corrected chi connectivity index (χ2v) is 6.45. The average molecular weight is 311 g/mol. The summed E-state index contributed by atoms with van der Waals surface area (Å²) in [5.41, 5.74) is -1.05. The Hall–Kier alpha value is -2.05. The van der Waals surface area contributed by atoms with Crippen molar-refractivity contribution in [2.45, 2.75) is 46.1 Å². The highest BCUT2D eigenvalue weighted by Crippen LogP contribution is 2.26. The van der Waals surface area contributed by atoms with Crippen molar-refractivity contribution in [3.8, 4) is 0 Å². The number of rotatable bonds is 6. The van der Waals surface area contributed by atoms with Gasteiger partial charge in [-0.05, 0) is 33.3 Å². The van der Waals surface area contributed by atoms with Crippen LogP contribution in [0.15, 0.2) is 12.3 Å². The number of carbonyl (C=O) groups excluding carboxylic acids is 1. The molecule has 1 rings (SSSR count). The monoisotopic (exact) mass is 311 g/mol. The number of ether oxygens (including phenoxy) is 1. The Balaban J connectivity index is 2.80. The molecule has 0 aliphatic carbocycles. The first-order valence-corrected chi connectivity index (χ1v) is 7.27. The molecule has 7 nitrogen and oxygen atoms in total. The fraction of sp³-hybridized carbons (Fsp3) is 0.667. The van der Waals surface area contributed by atoms with Gasteiger partial charge in [0.15, 0.2) is 0 Å². The largest absolute Gasteiger partial charge is 0.481 e. The highest BCUT2D eigenvalue weighted by Gasteiger charge is 2.38. The Bertz CT molecular complexity index is 533. The van der Waals surface area contributed by atoms with E-state index in [1.165, 1.54) is 0 Å². The maximum absolute atomic E-state index is 11.8. The highest BCUT2D eigenvalue weighted by molar-refractivity contribution is 5.76. The molecule has 0 saturated heterocycles. The molecule has 0 saturated carbocycles. The number of nitrogens with one attached hydrogen (secondary N) is 1. The van der Waals surface area contributed by atoms with Gasteiger partial charge >= 0.3 is 12.1 Å². The van der Waals surface area contributed by atoms with E-state index in [1.54, 1.807) is 51.7 Å². The molecule has 0 spiro atoms. The molecule has 1 aromatic rings. The van der Waals surface area contributed by atoms with Crippen molar-refractivity contribution in [1.29, 1.82) is 0 Å². The summed E-state index contributed by atoms with van der Waals surface area (Å²) in [6.07, 6.45) is 1.76. The lowest BCUT2D eigenvalue weighted by Gasteiger charge is -2.28. The van der Waals surface area contributed by atoms with Crippen LogP contribution in [-0.4, -0.2) is 39.1 Å². The molecule has 1 unspecified atom stereocenters. The van der Waals surface area contributed by atoms with E-state index in [1.807, 2.05) is 0 Å². The third-order valence-corrected chi connectivity index (χ3v) is 3.39. The molecular weight excluding hydrogens is 286 g/mol. The number of carboxylic acids is 1. The highest BCUT2D eigenvalue weighted by atomic mass is 16.6. The van der Waals surface area contributed by atoms with Crippen LogP contribution in [0.25, 0.3) is 0 Å². The number of carbonyl (C=O) groups is 2. The summed E-state index contributed by atoms with van der Waals surface area (Å²) in [6, 6.07) is 1.78.